The molecule has 1 saturated carbocycles. The molecule has 1 fully saturated rings. The summed E-state index contributed by atoms with van der Waals surface area (Å²) in [6.45, 7) is 4.58. The van der Waals surface area contributed by atoms with Gasteiger partial charge in [-0.2, -0.15) is 0 Å². The molecule has 0 amide bonds. The lowest BCUT2D eigenvalue weighted by Gasteiger charge is -2.38. The number of hydrogen-bond acceptors (Lipinski definition) is 1. The number of hydrogen-bond donors (Lipinski definition) is 1. The lowest BCUT2D eigenvalue weighted by atomic mass is 9.71. The van der Waals surface area contributed by atoms with Gasteiger partial charge in [0.05, 0.1) is 0 Å². The molecule has 1 nitrogen and oxygen atoms in total. The second-order valence-electron chi connectivity index (χ2n) is 6.25. The Labute approximate surface area is 110 Å². The molecule has 0 aliphatic heterocycles. The van der Waals surface area contributed by atoms with Gasteiger partial charge in [0.25, 0.3) is 0 Å². The van der Waals surface area contributed by atoms with Crippen LogP contribution in [0.4, 0.5) is 4.39 Å². The van der Waals surface area contributed by atoms with Gasteiger partial charge in [-0.1, -0.05) is 26.0 Å². The fourth-order valence-electron chi connectivity index (χ4n) is 3.11. The lowest BCUT2D eigenvalue weighted by Crippen LogP contribution is -2.45. The van der Waals surface area contributed by atoms with Crippen molar-refractivity contribution in [3.63, 3.8) is 0 Å². The van der Waals surface area contributed by atoms with Crippen LogP contribution >= 0.6 is 0 Å². The Kier molecular flexibility index (Phi) is 4.06. The zero-order valence-electron chi connectivity index (χ0n) is 11.5. The molecule has 1 aliphatic rings. The van der Waals surface area contributed by atoms with Crippen LogP contribution < -0.4 is 5.73 Å². The minimum absolute atomic E-state index is 0.126. The van der Waals surface area contributed by atoms with Crippen LogP contribution in [0.2, 0.25) is 0 Å². The molecule has 0 bridgehead atoms. The van der Waals surface area contributed by atoms with E-state index in [0.717, 1.165) is 36.7 Å². The van der Waals surface area contributed by atoms with Gasteiger partial charge < -0.3 is 5.73 Å². The van der Waals surface area contributed by atoms with E-state index in [1.807, 2.05) is 6.07 Å². The van der Waals surface area contributed by atoms with Crippen molar-refractivity contribution in [1.82, 2.24) is 0 Å². The molecule has 2 N–H and O–H groups in total. The Balaban J connectivity index is 1.97. The largest absolute Gasteiger partial charge is 0.325 e. The first-order valence-corrected chi connectivity index (χ1v) is 7.02. The van der Waals surface area contributed by atoms with Crippen molar-refractivity contribution < 1.29 is 4.39 Å². The molecule has 0 atom stereocenters. The maximum absolute atomic E-state index is 13.2. The van der Waals surface area contributed by atoms with Crippen molar-refractivity contribution in [1.29, 1.82) is 0 Å². The van der Waals surface area contributed by atoms with E-state index in [4.69, 9.17) is 5.73 Å². The molecule has 18 heavy (non-hydrogen) atoms. The Hall–Kier alpha value is -0.890. The maximum atomic E-state index is 13.2. The van der Waals surface area contributed by atoms with Crippen LogP contribution in [0.3, 0.4) is 0 Å². The van der Waals surface area contributed by atoms with E-state index in [9.17, 15) is 4.39 Å². The van der Waals surface area contributed by atoms with E-state index in [2.05, 4.69) is 13.8 Å². The molecular formula is C16H24FN. The number of halogens is 1. The molecule has 0 spiro atoms. The van der Waals surface area contributed by atoms with Crippen molar-refractivity contribution in [3.05, 3.63) is 35.6 Å². The molecule has 0 aromatic heterocycles. The van der Waals surface area contributed by atoms with Gasteiger partial charge in [-0.25, -0.2) is 4.39 Å². The van der Waals surface area contributed by atoms with Crippen LogP contribution in [-0.2, 0) is 6.42 Å². The summed E-state index contributed by atoms with van der Waals surface area (Å²) < 4.78 is 13.2. The van der Waals surface area contributed by atoms with E-state index in [1.165, 1.54) is 18.9 Å². The van der Waals surface area contributed by atoms with Crippen LogP contribution in [-0.4, -0.2) is 5.54 Å². The third-order valence-electron chi connectivity index (χ3n) is 4.41. The van der Waals surface area contributed by atoms with E-state index < -0.39 is 0 Å². The monoisotopic (exact) mass is 249 g/mol. The summed E-state index contributed by atoms with van der Waals surface area (Å²) in [6, 6.07) is 6.85. The van der Waals surface area contributed by atoms with Crippen molar-refractivity contribution in [2.75, 3.05) is 0 Å². The zero-order valence-corrected chi connectivity index (χ0v) is 11.5. The van der Waals surface area contributed by atoms with Crippen molar-refractivity contribution >= 4 is 0 Å². The van der Waals surface area contributed by atoms with Crippen LogP contribution in [0.25, 0.3) is 0 Å². The highest BCUT2D eigenvalue weighted by Gasteiger charge is 2.32. The molecule has 0 radical (unpaired) electrons. The first-order chi connectivity index (χ1) is 8.48. The summed E-state index contributed by atoms with van der Waals surface area (Å²) in [6.07, 6.45) is 5.35. The summed E-state index contributed by atoms with van der Waals surface area (Å²) in [4.78, 5) is 0. The Morgan fingerprint density at radius 1 is 1.33 bits per heavy atom. The van der Waals surface area contributed by atoms with E-state index >= 15 is 0 Å². The lowest BCUT2D eigenvalue weighted by molar-refractivity contribution is 0.194. The molecule has 2 rings (SSSR count). The molecule has 1 aliphatic carbocycles. The standard InChI is InChI=1S/C16H24FN/c1-12(2)14-6-8-16(18,9-7-14)11-13-4-3-5-15(17)10-13/h3-5,10,12,14H,6-9,11,18H2,1-2H3. The Morgan fingerprint density at radius 2 is 2.00 bits per heavy atom. The Morgan fingerprint density at radius 3 is 2.56 bits per heavy atom. The SMILES string of the molecule is CC(C)C1CCC(N)(Cc2cccc(F)c2)CC1. The van der Waals surface area contributed by atoms with Crippen molar-refractivity contribution in [2.24, 2.45) is 17.6 Å². The average molecular weight is 249 g/mol. The summed E-state index contributed by atoms with van der Waals surface area (Å²) >= 11 is 0. The predicted octanol–water partition coefficient (Wildman–Crippen LogP) is 3.91. The van der Waals surface area contributed by atoms with Crippen LogP contribution in [0.1, 0.15) is 45.1 Å². The quantitative estimate of drug-likeness (QED) is 0.863. The number of rotatable bonds is 3. The third kappa shape index (κ3) is 3.32. The second kappa shape index (κ2) is 5.40. The van der Waals surface area contributed by atoms with Gasteiger partial charge in [0.15, 0.2) is 0 Å². The van der Waals surface area contributed by atoms with Gasteiger partial charge in [0, 0.05) is 5.54 Å². The molecule has 0 saturated heterocycles. The average Bonchev–Trinajstić information content (AvgIpc) is 2.29. The molecule has 2 heteroatoms. The highest BCUT2D eigenvalue weighted by molar-refractivity contribution is 5.19. The summed E-state index contributed by atoms with van der Waals surface area (Å²) in [7, 11) is 0. The molecule has 100 valence electrons. The van der Waals surface area contributed by atoms with E-state index in [-0.39, 0.29) is 11.4 Å². The van der Waals surface area contributed by atoms with Crippen molar-refractivity contribution in [2.45, 2.75) is 51.5 Å². The molecule has 1 aromatic carbocycles. The van der Waals surface area contributed by atoms with Gasteiger partial charge in [-0.15, -0.1) is 0 Å². The van der Waals surface area contributed by atoms with Gasteiger partial charge in [0.2, 0.25) is 0 Å². The summed E-state index contributed by atoms with van der Waals surface area (Å²) in [5, 5.41) is 0. The third-order valence-corrected chi connectivity index (χ3v) is 4.41. The topological polar surface area (TPSA) is 26.0 Å². The van der Waals surface area contributed by atoms with Gasteiger partial charge in [0.1, 0.15) is 5.82 Å². The molecular weight excluding hydrogens is 225 g/mol. The van der Waals surface area contributed by atoms with Crippen LogP contribution in [0.15, 0.2) is 24.3 Å². The van der Waals surface area contributed by atoms with Crippen LogP contribution in [0, 0.1) is 17.7 Å². The number of benzene rings is 1. The smallest absolute Gasteiger partial charge is 0.123 e. The summed E-state index contributed by atoms with van der Waals surface area (Å²) in [5.41, 5.74) is 7.38. The highest BCUT2D eigenvalue weighted by Crippen LogP contribution is 2.36. The van der Waals surface area contributed by atoms with Gasteiger partial charge >= 0.3 is 0 Å². The first kappa shape index (κ1) is 13.5. The van der Waals surface area contributed by atoms with Gasteiger partial charge in [-0.3, -0.25) is 0 Å². The van der Waals surface area contributed by atoms with E-state index in [1.54, 1.807) is 12.1 Å². The Bertz CT molecular complexity index is 392. The zero-order chi connectivity index (χ0) is 13.2. The predicted molar refractivity (Wildman–Crippen MR) is 73.8 cm³/mol. The molecule has 0 unspecified atom stereocenters. The highest BCUT2D eigenvalue weighted by atomic mass is 19.1. The number of nitrogens with two attached hydrogens (primary N) is 1. The minimum atomic E-state index is -0.160. The van der Waals surface area contributed by atoms with E-state index in [0.29, 0.717) is 0 Å². The van der Waals surface area contributed by atoms with Gasteiger partial charge in [-0.05, 0) is 61.6 Å². The van der Waals surface area contributed by atoms with Crippen LogP contribution in [0.5, 0.6) is 0 Å². The van der Waals surface area contributed by atoms with Crippen molar-refractivity contribution in [3.8, 4) is 0 Å². The first-order valence-electron chi connectivity index (χ1n) is 7.02. The fourth-order valence-corrected chi connectivity index (χ4v) is 3.11. The molecule has 1 aromatic rings. The minimum Gasteiger partial charge on any atom is -0.325 e. The molecule has 0 heterocycles. The summed E-state index contributed by atoms with van der Waals surface area (Å²) in [5.74, 6) is 1.41. The second-order valence-corrected chi connectivity index (χ2v) is 6.25. The fraction of sp³-hybridized carbons (Fsp3) is 0.625. The normalized spacial score (nSPS) is 28.6. The maximum Gasteiger partial charge on any atom is 0.123 e.